The lowest BCUT2D eigenvalue weighted by molar-refractivity contribution is -0.107. The van der Waals surface area contributed by atoms with Crippen molar-refractivity contribution in [3.63, 3.8) is 0 Å². The Labute approximate surface area is 225 Å². The number of benzene rings is 3. The maximum Gasteiger partial charge on any atom is 0.266 e. The molecule has 0 atom stereocenters. The van der Waals surface area contributed by atoms with Gasteiger partial charge in [0.05, 0.1) is 5.02 Å². The zero-order chi connectivity index (χ0) is 25.9. The maximum atomic E-state index is 15.1. The van der Waals surface area contributed by atoms with Gasteiger partial charge in [-0.2, -0.15) is 0 Å². The molecule has 1 saturated carbocycles. The SMILES string of the molecule is CN(C=O)c1ccc(-c2ccc(F)c(CN(C(=O)c3sc4ccccc4c3Cl)C3CCCCC3)c2)cc1. The van der Waals surface area contributed by atoms with E-state index >= 15 is 4.39 Å². The zero-order valence-corrected chi connectivity index (χ0v) is 22.2. The molecule has 4 nitrogen and oxygen atoms in total. The van der Waals surface area contributed by atoms with Gasteiger partial charge in [0.25, 0.3) is 5.91 Å². The minimum Gasteiger partial charge on any atom is -0.330 e. The lowest BCUT2D eigenvalue weighted by Crippen LogP contribution is -2.41. The summed E-state index contributed by atoms with van der Waals surface area (Å²) in [6.07, 6.45) is 5.83. The Hall–Kier alpha value is -3.22. The highest BCUT2D eigenvalue weighted by atomic mass is 35.5. The molecule has 2 amide bonds. The van der Waals surface area contributed by atoms with Gasteiger partial charge in [-0.25, -0.2) is 4.39 Å². The van der Waals surface area contributed by atoms with Crippen molar-refractivity contribution >= 4 is 51.0 Å². The lowest BCUT2D eigenvalue weighted by Gasteiger charge is -2.34. The van der Waals surface area contributed by atoms with Gasteiger partial charge in [0.15, 0.2) is 0 Å². The van der Waals surface area contributed by atoms with Crippen molar-refractivity contribution in [1.29, 1.82) is 0 Å². The molecule has 0 unspecified atom stereocenters. The van der Waals surface area contributed by atoms with E-state index < -0.39 is 0 Å². The summed E-state index contributed by atoms with van der Waals surface area (Å²) in [5.41, 5.74) is 3.01. The molecule has 1 aromatic heterocycles. The number of anilines is 1. The molecule has 0 aliphatic heterocycles. The third-order valence-corrected chi connectivity index (χ3v) is 8.82. The summed E-state index contributed by atoms with van der Waals surface area (Å²) in [7, 11) is 1.69. The Balaban J connectivity index is 1.48. The summed E-state index contributed by atoms with van der Waals surface area (Å²) >= 11 is 8.08. The van der Waals surface area contributed by atoms with Crippen LogP contribution in [0.3, 0.4) is 0 Å². The largest absolute Gasteiger partial charge is 0.330 e. The lowest BCUT2D eigenvalue weighted by atomic mass is 9.93. The predicted molar refractivity (Wildman–Crippen MR) is 150 cm³/mol. The summed E-state index contributed by atoms with van der Waals surface area (Å²) in [4.78, 5) is 28.8. The highest BCUT2D eigenvalue weighted by Crippen LogP contribution is 2.38. The summed E-state index contributed by atoms with van der Waals surface area (Å²) in [6.45, 7) is 0.180. The summed E-state index contributed by atoms with van der Waals surface area (Å²) in [5.74, 6) is -0.471. The molecule has 190 valence electrons. The number of thiophene rings is 1. The molecule has 1 heterocycles. The first-order chi connectivity index (χ1) is 18.0. The van der Waals surface area contributed by atoms with E-state index in [4.69, 9.17) is 11.6 Å². The van der Waals surface area contributed by atoms with E-state index in [0.717, 1.165) is 65.4 Å². The van der Waals surface area contributed by atoms with Crippen LogP contribution in [0.15, 0.2) is 66.7 Å². The second-order valence-electron chi connectivity index (χ2n) is 9.54. The first kappa shape index (κ1) is 25.4. The molecule has 5 rings (SSSR count). The monoisotopic (exact) mass is 534 g/mol. The third kappa shape index (κ3) is 5.27. The van der Waals surface area contributed by atoms with Crippen LogP contribution < -0.4 is 4.90 Å². The van der Waals surface area contributed by atoms with Gasteiger partial charge in [-0.3, -0.25) is 9.59 Å². The van der Waals surface area contributed by atoms with Gasteiger partial charge in [-0.15, -0.1) is 11.3 Å². The van der Waals surface area contributed by atoms with Crippen LogP contribution in [0.5, 0.6) is 0 Å². The fourth-order valence-corrected chi connectivity index (χ4v) is 6.52. The summed E-state index contributed by atoms with van der Waals surface area (Å²) < 4.78 is 16.1. The van der Waals surface area contributed by atoms with Gasteiger partial charge in [-0.05, 0) is 54.3 Å². The number of rotatable bonds is 7. The number of carbonyl (C=O) groups is 2. The molecular formula is C30H28ClFN2O2S. The van der Waals surface area contributed by atoms with Gasteiger partial charge >= 0.3 is 0 Å². The Bertz CT molecular complexity index is 1430. The average Bonchev–Trinajstić information content (AvgIpc) is 3.28. The first-order valence-electron chi connectivity index (χ1n) is 12.5. The normalized spacial score (nSPS) is 14.0. The fourth-order valence-electron chi connectivity index (χ4n) is 5.05. The van der Waals surface area contributed by atoms with Crippen LogP contribution in [0, 0.1) is 5.82 Å². The number of halogens is 2. The van der Waals surface area contributed by atoms with Gasteiger partial charge in [0.1, 0.15) is 10.7 Å². The predicted octanol–water partition coefficient (Wildman–Crippen LogP) is 7.93. The van der Waals surface area contributed by atoms with Crippen molar-refractivity contribution in [2.45, 2.75) is 44.7 Å². The van der Waals surface area contributed by atoms with E-state index in [1.165, 1.54) is 22.3 Å². The van der Waals surface area contributed by atoms with Crippen LogP contribution in [-0.2, 0) is 11.3 Å². The minimum absolute atomic E-state index is 0.0451. The van der Waals surface area contributed by atoms with Crippen molar-refractivity contribution in [1.82, 2.24) is 4.90 Å². The van der Waals surface area contributed by atoms with Gasteiger partial charge in [0.2, 0.25) is 6.41 Å². The first-order valence-corrected chi connectivity index (χ1v) is 13.7. The number of nitrogens with zero attached hydrogens (tertiary/aromatic N) is 2. The molecule has 1 aliphatic rings. The molecule has 3 aromatic carbocycles. The number of fused-ring (bicyclic) bond motifs is 1. The molecule has 0 saturated heterocycles. The van der Waals surface area contributed by atoms with Crippen LogP contribution in [0.2, 0.25) is 5.02 Å². The quantitative estimate of drug-likeness (QED) is 0.226. The van der Waals surface area contributed by atoms with E-state index in [0.29, 0.717) is 15.5 Å². The third-order valence-electron chi connectivity index (χ3n) is 7.16. The Morgan fingerprint density at radius 1 is 1.03 bits per heavy atom. The molecule has 0 bridgehead atoms. The topological polar surface area (TPSA) is 40.6 Å². The van der Waals surface area contributed by atoms with Crippen LogP contribution in [0.1, 0.15) is 47.3 Å². The van der Waals surface area contributed by atoms with E-state index in [1.54, 1.807) is 13.1 Å². The molecule has 0 spiro atoms. The molecule has 0 radical (unpaired) electrons. The highest BCUT2D eigenvalue weighted by molar-refractivity contribution is 7.21. The molecular weight excluding hydrogens is 507 g/mol. The standard InChI is InChI=1S/C30H28ClFN2O2S/c1-33(19-35)23-14-11-20(12-15-23)21-13-16-26(32)22(17-21)18-34(24-7-3-2-4-8-24)30(36)29-28(31)25-9-5-6-10-27(25)37-29/h5-6,9-17,19,24H,2-4,7-8,18H2,1H3. The maximum absolute atomic E-state index is 15.1. The van der Waals surface area contributed by atoms with Gasteiger partial charge in [0, 0.05) is 41.0 Å². The van der Waals surface area contributed by atoms with Gasteiger partial charge in [-0.1, -0.05) is 67.3 Å². The highest BCUT2D eigenvalue weighted by Gasteiger charge is 2.30. The number of hydrogen-bond donors (Lipinski definition) is 0. The molecule has 0 N–H and O–H groups in total. The number of hydrogen-bond acceptors (Lipinski definition) is 3. The van der Waals surface area contributed by atoms with Crippen LogP contribution in [-0.4, -0.2) is 30.3 Å². The second kappa shape index (κ2) is 11.0. The molecule has 4 aromatic rings. The molecule has 1 fully saturated rings. The van der Waals surface area contributed by atoms with Crippen LogP contribution in [0.4, 0.5) is 10.1 Å². The Kier molecular flexibility index (Phi) is 7.58. The van der Waals surface area contributed by atoms with Crippen molar-refractivity contribution in [3.8, 4) is 11.1 Å². The zero-order valence-electron chi connectivity index (χ0n) is 20.6. The van der Waals surface area contributed by atoms with Crippen LogP contribution in [0.25, 0.3) is 21.2 Å². The van der Waals surface area contributed by atoms with Crippen molar-refractivity contribution in [2.75, 3.05) is 11.9 Å². The minimum atomic E-state index is -0.336. The molecule has 1 aliphatic carbocycles. The van der Waals surface area contributed by atoms with Gasteiger partial charge < -0.3 is 9.80 Å². The van der Waals surface area contributed by atoms with Crippen LogP contribution >= 0.6 is 22.9 Å². The number of carbonyl (C=O) groups excluding carboxylic acids is 2. The second-order valence-corrected chi connectivity index (χ2v) is 11.0. The molecule has 7 heteroatoms. The molecule has 37 heavy (non-hydrogen) atoms. The smallest absolute Gasteiger partial charge is 0.266 e. The van der Waals surface area contributed by atoms with E-state index in [-0.39, 0.29) is 24.3 Å². The van der Waals surface area contributed by atoms with Crippen molar-refractivity contribution in [2.24, 2.45) is 0 Å². The summed E-state index contributed by atoms with van der Waals surface area (Å²) in [5, 5.41) is 1.35. The Morgan fingerprint density at radius 3 is 2.43 bits per heavy atom. The Morgan fingerprint density at radius 2 is 1.73 bits per heavy atom. The van der Waals surface area contributed by atoms with Crippen molar-refractivity contribution in [3.05, 3.63) is 88.0 Å². The number of amides is 2. The average molecular weight is 535 g/mol. The van der Waals surface area contributed by atoms with E-state index in [1.807, 2.05) is 59.5 Å². The van der Waals surface area contributed by atoms with Crippen molar-refractivity contribution < 1.29 is 14.0 Å². The fraction of sp³-hybridized carbons (Fsp3) is 0.267. The van der Waals surface area contributed by atoms with E-state index in [9.17, 15) is 9.59 Å². The summed E-state index contributed by atoms with van der Waals surface area (Å²) in [6, 6.07) is 20.4. The van der Waals surface area contributed by atoms with E-state index in [2.05, 4.69) is 0 Å².